The summed E-state index contributed by atoms with van der Waals surface area (Å²) in [6.07, 6.45) is 7.11. The summed E-state index contributed by atoms with van der Waals surface area (Å²) in [5.41, 5.74) is 11.7. The Hall–Kier alpha value is -4.17. The van der Waals surface area contributed by atoms with Gasteiger partial charge in [0, 0.05) is 24.9 Å². The lowest BCUT2D eigenvalue weighted by atomic mass is 9.99. The number of fused-ring (bicyclic) bond motifs is 2. The highest BCUT2D eigenvalue weighted by atomic mass is 16.6. The molecular formula is C37H52N6O2. The smallest absolute Gasteiger partial charge is 0.407 e. The summed E-state index contributed by atoms with van der Waals surface area (Å²) in [6, 6.07) is 19.5. The predicted molar refractivity (Wildman–Crippen MR) is 188 cm³/mol. The molecule has 0 bridgehead atoms. The van der Waals surface area contributed by atoms with Gasteiger partial charge in [-0.3, -0.25) is 0 Å². The van der Waals surface area contributed by atoms with Gasteiger partial charge in [0.1, 0.15) is 17.2 Å². The molecular weight excluding hydrogens is 560 g/mol. The maximum absolute atomic E-state index is 11.8. The van der Waals surface area contributed by atoms with E-state index in [9.17, 15) is 4.79 Å². The predicted octanol–water partition coefficient (Wildman–Crippen LogP) is 8.95. The van der Waals surface area contributed by atoms with Crippen LogP contribution >= 0.6 is 0 Å². The Balaban J connectivity index is 0.00000133. The summed E-state index contributed by atoms with van der Waals surface area (Å²) >= 11 is 0. The number of nitrogens with zero attached hydrogens (tertiary/aromatic N) is 2. The van der Waals surface area contributed by atoms with E-state index in [-0.39, 0.29) is 6.09 Å². The average Bonchev–Trinajstić information content (AvgIpc) is 3.68. The number of amides is 1. The van der Waals surface area contributed by atoms with Crippen LogP contribution in [0.5, 0.6) is 0 Å². The topological polar surface area (TPSA) is 122 Å². The van der Waals surface area contributed by atoms with Crippen LogP contribution in [0.1, 0.15) is 85.8 Å². The lowest BCUT2D eigenvalue weighted by Crippen LogP contribution is -2.33. The number of H-pyrrole nitrogens is 2. The van der Waals surface area contributed by atoms with Crippen molar-refractivity contribution in [1.82, 2.24) is 25.3 Å². The van der Waals surface area contributed by atoms with E-state index in [1.165, 1.54) is 21.9 Å². The molecule has 45 heavy (non-hydrogen) atoms. The third-order valence-corrected chi connectivity index (χ3v) is 7.02. The van der Waals surface area contributed by atoms with Crippen LogP contribution in [0.3, 0.4) is 0 Å². The van der Waals surface area contributed by atoms with Gasteiger partial charge < -0.3 is 25.8 Å². The van der Waals surface area contributed by atoms with E-state index >= 15 is 0 Å². The fraction of sp³-hybridized carbons (Fsp3) is 0.432. The van der Waals surface area contributed by atoms with E-state index in [0.717, 1.165) is 79.0 Å². The molecule has 0 unspecified atom stereocenters. The first kappa shape index (κ1) is 35.3. The SMILES string of the molecule is CC.CC.CC(C)(C)OC(=O)NCCCCc1ncc(-c2ccc3cc(-c4ccc5nc(CCCCN)[nH]c5c4)ccc3c2)[nH]1. The molecule has 242 valence electrons. The first-order valence-corrected chi connectivity index (χ1v) is 16.5. The maximum Gasteiger partial charge on any atom is 0.407 e. The summed E-state index contributed by atoms with van der Waals surface area (Å²) in [4.78, 5) is 28.0. The number of carbonyl (C=O) groups is 1. The number of alkyl carbamates (subject to hydrolysis) is 1. The highest BCUT2D eigenvalue weighted by molar-refractivity contribution is 5.91. The number of hydrogen-bond acceptors (Lipinski definition) is 5. The van der Waals surface area contributed by atoms with E-state index in [1.54, 1.807) is 0 Å². The standard InChI is InChI=1S/C33H40N6O2.2C2H6/c1-33(2,3)41-32(40)35-17-7-5-8-30-36-21-29(39-30)26-13-12-22-18-23(10-11-24(22)19-26)25-14-15-27-28(20-25)38-31(37-27)9-4-6-16-34;2*1-2/h10-15,18-21H,4-9,16-17,34H2,1-3H3,(H,35,40)(H,36,39)(H,37,38);2*1-2H3. The molecule has 2 heterocycles. The van der Waals surface area contributed by atoms with Gasteiger partial charge in [0.25, 0.3) is 0 Å². The van der Waals surface area contributed by atoms with Crippen LogP contribution in [-0.4, -0.2) is 44.7 Å². The Morgan fingerprint density at radius 1 is 0.800 bits per heavy atom. The maximum atomic E-state index is 11.8. The molecule has 0 fully saturated rings. The number of nitrogens with one attached hydrogen (secondary N) is 3. The van der Waals surface area contributed by atoms with Crippen LogP contribution in [0.15, 0.2) is 60.8 Å². The normalized spacial score (nSPS) is 11.0. The number of aryl methyl sites for hydroxylation is 2. The van der Waals surface area contributed by atoms with E-state index in [2.05, 4.69) is 74.9 Å². The van der Waals surface area contributed by atoms with Crippen molar-refractivity contribution < 1.29 is 9.53 Å². The van der Waals surface area contributed by atoms with Gasteiger partial charge in [0.15, 0.2) is 0 Å². The second-order valence-electron chi connectivity index (χ2n) is 11.6. The minimum atomic E-state index is -0.482. The highest BCUT2D eigenvalue weighted by Crippen LogP contribution is 2.29. The molecule has 0 radical (unpaired) electrons. The number of aromatic nitrogens is 4. The minimum Gasteiger partial charge on any atom is -0.444 e. The van der Waals surface area contributed by atoms with Gasteiger partial charge in [0.2, 0.25) is 0 Å². The van der Waals surface area contributed by atoms with Crippen LogP contribution in [0.4, 0.5) is 4.79 Å². The van der Waals surface area contributed by atoms with Crippen LogP contribution < -0.4 is 11.1 Å². The zero-order valence-electron chi connectivity index (χ0n) is 28.2. The van der Waals surface area contributed by atoms with Gasteiger partial charge in [-0.1, -0.05) is 58.0 Å². The molecule has 8 nitrogen and oxygen atoms in total. The zero-order chi connectivity index (χ0) is 32.8. The van der Waals surface area contributed by atoms with Gasteiger partial charge in [0.05, 0.1) is 22.9 Å². The summed E-state index contributed by atoms with van der Waals surface area (Å²) in [5, 5.41) is 5.18. The summed E-state index contributed by atoms with van der Waals surface area (Å²) in [7, 11) is 0. The Morgan fingerprint density at radius 2 is 1.42 bits per heavy atom. The third-order valence-electron chi connectivity index (χ3n) is 7.02. The molecule has 5 N–H and O–H groups in total. The number of benzene rings is 3. The van der Waals surface area contributed by atoms with Gasteiger partial charge in [-0.2, -0.15) is 0 Å². The van der Waals surface area contributed by atoms with E-state index < -0.39 is 5.60 Å². The van der Waals surface area contributed by atoms with E-state index in [1.807, 2.05) is 54.7 Å². The fourth-order valence-electron chi connectivity index (χ4n) is 4.95. The summed E-state index contributed by atoms with van der Waals surface area (Å²) in [6.45, 7) is 14.9. The van der Waals surface area contributed by atoms with Crippen molar-refractivity contribution >= 4 is 27.9 Å². The number of hydrogen-bond donors (Lipinski definition) is 4. The second-order valence-corrected chi connectivity index (χ2v) is 11.6. The quantitative estimate of drug-likeness (QED) is 0.111. The van der Waals surface area contributed by atoms with Gasteiger partial charge in [-0.05, 0) is 99.2 Å². The van der Waals surface area contributed by atoms with Gasteiger partial charge in [-0.15, -0.1) is 0 Å². The first-order valence-electron chi connectivity index (χ1n) is 16.5. The molecule has 1 amide bonds. The van der Waals surface area contributed by atoms with Crippen molar-refractivity contribution in [1.29, 1.82) is 0 Å². The van der Waals surface area contributed by atoms with Gasteiger partial charge in [-0.25, -0.2) is 14.8 Å². The number of nitrogens with two attached hydrogens (primary N) is 1. The Kier molecular flexibility index (Phi) is 13.6. The number of carbonyl (C=O) groups excluding carboxylic acids is 1. The Bertz CT molecular complexity index is 1630. The van der Waals surface area contributed by atoms with Crippen molar-refractivity contribution in [3.63, 3.8) is 0 Å². The van der Waals surface area contributed by atoms with Crippen LogP contribution in [-0.2, 0) is 17.6 Å². The minimum absolute atomic E-state index is 0.372. The lowest BCUT2D eigenvalue weighted by Gasteiger charge is -2.19. The zero-order valence-corrected chi connectivity index (χ0v) is 28.2. The van der Waals surface area contributed by atoms with Crippen molar-refractivity contribution in [3.05, 3.63) is 72.4 Å². The summed E-state index contributed by atoms with van der Waals surface area (Å²) in [5.74, 6) is 1.97. The van der Waals surface area contributed by atoms with Crippen molar-refractivity contribution in [3.8, 4) is 22.4 Å². The molecule has 5 rings (SSSR count). The molecule has 0 spiro atoms. The second kappa shape index (κ2) is 17.4. The Morgan fingerprint density at radius 3 is 2.13 bits per heavy atom. The number of unbranched alkanes of at least 4 members (excludes halogenated alkanes) is 2. The number of aromatic amines is 2. The largest absolute Gasteiger partial charge is 0.444 e. The van der Waals surface area contributed by atoms with Crippen LogP contribution in [0.2, 0.25) is 0 Å². The average molecular weight is 613 g/mol. The lowest BCUT2D eigenvalue weighted by molar-refractivity contribution is 0.0527. The van der Waals surface area contributed by atoms with Crippen LogP contribution in [0, 0.1) is 0 Å². The van der Waals surface area contributed by atoms with Crippen molar-refractivity contribution in [2.24, 2.45) is 5.73 Å². The molecule has 8 heteroatoms. The molecule has 3 aromatic carbocycles. The van der Waals surface area contributed by atoms with Gasteiger partial charge >= 0.3 is 6.09 Å². The molecule has 0 atom stereocenters. The molecule has 2 aromatic heterocycles. The highest BCUT2D eigenvalue weighted by Gasteiger charge is 2.15. The monoisotopic (exact) mass is 612 g/mol. The first-order chi connectivity index (χ1) is 21.8. The number of rotatable bonds is 11. The van der Waals surface area contributed by atoms with E-state index in [4.69, 9.17) is 15.5 Å². The molecule has 0 aliphatic carbocycles. The third kappa shape index (κ3) is 10.5. The van der Waals surface area contributed by atoms with Crippen molar-refractivity contribution in [2.45, 2.75) is 92.6 Å². The molecule has 0 aliphatic rings. The Labute approximate surface area is 268 Å². The molecule has 0 saturated heterocycles. The molecule has 5 aromatic rings. The van der Waals surface area contributed by atoms with Crippen LogP contribution in [0.25, 0.3) is 44.2 Å². The fourth-order valence-corrected chi connectivity index (χ4v) is 4.95. The van der Waals surface area contributed by atoms with E-state index in [0.29, 0.717) is 6.54 Å². The number of ether oxygens (including phenoxy) is 1. The molecule has 0 aliphatic heterocycles. The molecule has 0 saturated carbocycles. The number of imidazole rings is 2. The van der Waals surface area contributed by atoms with Crippen molar-refractivity contribution in [2.75, 3.05) is 13.1 Å². The summed E-state index contributed by atoms with van der Waals surface area (Å²) < 4.78 is 5.27.